The van der Waals surface area contributed by atoms with E-state index in [4.69, 9.17) is 0 Å². The zero-order valence-electron chi connectivity index (χ0n) is 12.6. The zero-order valence-corrected chi connectivity index (χ0v) is 12.6. The van der Waals surface area contributed by atoms with Gasteiger partial charge in [0.2, 0.25) is 0 Å². The fourth-order valence-electron chi connectivity index (χ4n) is 3.53. The molecule has 0 atom stereocenters. The Kier molecular flexibility index (Phi) is 3.04. The summed E-state index contributed by atoms with van der Waals surface area (Å²) in [5.74, 6) is -1.76. The molecule has 8 nitrogen and oxygen atoms in total. The van der Waals surface area contributed by atoms with Gasteiger partial charge in [-0.15, -0.1) is 5.06 Å². The van der Waals surface area contributed by atoms with E-state index in [9.17, 15) is 24.9 Å². The van der Waals surface area contributed by atoms with Crippen LogP contribution in [0.5, 0.6) is 0 Å². The molecular formula is C16H13N3O5. The third kappa shape index (κ3) is 1.83. The average Bonchev–Trinajstić information content (AvgIpc) is 3.10. The fourth-order valence-corrected chi connectivity index (χ4v) is 3.53. The first-order valence-corrected chi connectivity index (χ1v) is 7.57. The van der Waals surface area contributed by atoms with Crippen LogP contribution in [0, 0.1) is 10.1 Å². The molecule has 2 heterocycles. The van der Waals surface area contributed by atoms with Gasteiger partial charge < -0.3 is 4.90 Å². The molecular weight excluding hydrogens is 314 g/mol. The van der Waals surface area contributed by atoms with E-state index in [-0.39, 0.29) is 21.9 Å². The van der Waals surface area contributed by atoms with Crippen LogP contribution in [0.4, 0.5) is 11.4 Å². The van der Waals surface area contributed by atoms with Gasteiger partial charge >= 0.3 is 0 Å². The summed E-state index contributed by atoms with van der Waals surface area (Å²) in [6, 6.07) is 5.95. The van der Waals surface area contributed by atoms with E-state index in [0.717, 1.165) is 18.9 Å². The molecule has 8 heteroatoms. The first-order chi connectivity index (χ1) is 11.5. The van der Waals surface area contributed by atoms with Gasteiger partial charge in [0.1, 0.15) is 5.69 Å². The summed E-state index contributed by atoms with van der Waals surface area (Å²) in [6.45, 7) is 1.38. The van der Waals surface area contributed by atoms with Crippen LogP contribution in [0.1, 0.15) is 33.6 Å². The number of benzene rings is 2. The molecule has 0 spiro atoms. The lowest BCUT2D eigenvalue weighted by molar-refractivity contribution is -0.384. The quantitative estimate of drug-likeness (QED) is 0.393. The number of imide groups is 1. The summed E-state index contributed by atoms with van der Waals surface area (Å²) < 4.78 is 0. The number of nitro groups is 1. The van der Waals surface area contributed by atoms with Crippen molar-refractivity contribution in [2.75, 3.05) is 18.0 Å². The van der Waals surface area contributed by atoms with Gasteiger partial charge in [-0.25, -0.2) is 0 Å². The van der Waals surface area contributed by atoms with Crippen molar-refractivity contribution in [1.29, 1.82) is 0 Å². The zero-order chi connectivity index (χ0) is 17.0. The molecule has 2 aliphatic heterocycles. The highest BCUT2D eigenvalue weighted by Crippen LogP contribution is 2.42. The Labute approximate surface area is 136 Å². The van der Waals surface area contributed by atoms with E-state index in [1.54, 1.807) is 12.1 Å². The molecule has 122 valence electrons. The van der Waals surface area contributed by atoms with Crippen LogP contribution in [0.25, 0.3) is 10.8 Å². The number of nitro benzene ring substituents is 1. The maximum Gasteiger partial charge on any atom is 0.293 e. The Morgan fingerprint density at radius 1 is 1.08 bits per heavy atom. The van der Waals surface area contributed by atoms with Crippen LogP contribution in [0.3, 0.4) is 0 Å². The Morgan fingerprint density at radius 3 is 2.42 bits per heavy atom. The summed E-state index contributed by atoms with van der Waals surface area (Å²) in [6.07, 6.45) is 1.87. The number of carbonyl (C=O) groups is 2. The molecule has 2 aliphatic rings. The summed E-state index contributed by atoms with van der Waals surface area (Å²) in [4.78, 5) is 37.4. The monoisotopic (exact) mass is 327 g/mol. The van der Waals surface area contributed by atoms with Crippen molar-refractivity contribution >= 4 is 34.0 Å². The summed E-state index contributed by atoms with van der Waals surface area (Å²) in [5.41, 5.74) is 0.384. The van der Waals surface area contributed by atoms with Crippen molar-refractivity contribution < 1.29 is 19.7 Å². The lowest BCUT2D eigenvalue weighted by Gasteiger charge is -2.25. The second-order valence-electron chi connectivity index (χ2n) is 5.89. The number of hydrogen-bond donors (Lipinski definition) is 1. The van der Waals surface area contributed by atoms with Crippen LogP contribution in [-0.4, -0.2) is 40.1 Å². The number of hydrogen-bond acceptors (Lipinski definition) is 6. The molecule has 0 aliphatic carbocycles. The number of rotatable bonds is 2. The predicted octanol–water partition coefficient (Wildman–Crippen LogP) is 2.33. The standard InChI is InChI=1S/C16H13N3O5/c20-15-10-5-3-4-9-13(10)11(16(21)18(15)22)8-12(19(23)24)14(9)17-6-1-2-7-17/h3-5,8,22H,1-2,6-7H2. The minimum Gasteiger partial charge on any atom is -0.365 e. The number of nitrogens with zero attached hydrogens (tertiary/aromatic N) is 3. The molecule has 2 amide bonds. The van der Waals surface area contributed by atoms with Crippen LogP contribution in [-0.2, 0) is 0 Å². The smallest absolute Gasteiger partial charge is 0.293 e. The third-order valence-electron chi connectivity index (χ3n) is 4.58. The van der Waals surface area contributed by atoms with Gasteiger partial charge in [0.15, 0.2) is 0 Å². The highest BCUT2D eigenvalue weighted by Gasteiger charge is 2.36. The second kappa shape index (κ2) is 5.00. The minimum absolute atomic E-state index is 0.0103. The number of amides is 2. The van der Waals surface area contributed by atoms with Crippen LogP contribution in [0.15, 0.2) is 24.3 Å². The Bertz CT molecular complexity index is 918. The van der Waals surface area contributed by atoms with Crippen LogP contribution >= 0.6 is 0 Å². The lowest BCUT2D eigenvalue weighted by atomic mass is 9.92. The fraction of sp³-hybridized carbons (Fsp3) is 0.250. The van der Waals surface area contributed by atoms with Crippen molar-refractivity contribution in [3.8, 4) is 0 Å². The van der Waals surface area contributed by atoms with E-state index in [1.165, 1.54) is 6.07 Å². The van der Waals surface area contributed by atoms with E-state index < -0.39 is 16.7 Å². The molecule has 0 radical (unpaired) electrons. The van der Waals surface area contributed by atoms with Crippen molar-refractivity contribution in [2.24, 2.45) is 0 Å². The van der Waals surface area contributed by atoms with Gasteiger partial charge in [0.05, 0.1) is 16.1 Å². The van der Waals surface area contributed by atoms with E-state index >= 15 is 0 Å². The van der Waals surface area contributed by atoms with E-state index in [0.29, 0.717) is 29.5 Å². The minimum atomic E-state index is -0.945. The summed E-state index contributed by atoms with van der Waals surface area (Å²) >= 11 is 0. The molecule has 0 bridgehead atoms. The normalized spacial score (nSPS) is 17.0. The lowest BCUT2D eigenvalue weighted by Crippen LogP contribution is -2.37. The third-order valence-corrected chi connectivity index (χ3v) is 4.58. The Morgan fingerprint density at radius 2 is 1.75 bits per heavy atom. The summed E-state index contributed by atoms with van der Waals surface area (Å²) in [5, 5.41) is 22.1. The maximum atomic E-state index is 12.2. The molecule has 1 fully saturated rings. The van der Waals surface area contributed by atoms with Gasteiger partial charge in [-0.2, -0.15) is 0 Å². The van der Waals surface area contributed by atoms with E-state index in [1.807, 2.05) is 4.90 Å². The Hall–Kier alpha value is -3.00. The first kappa shape index (κ1) is 14.6. The topological polar surface area (TPSA) is 104 Å². The molecule has 24 heavy (non-hydrogen) atoms. The molecule has 0 unspecified atom stereocenters. The highest BCUT2D eigenvalue weighted by molar-refractivity contribution is 6.27. The molecule has 2 aromatic carbocycles. The molecule has 0 saturated carbocycles. The van der Waals surface area contributed by atoms with Crippen molar-refractivity contribution in [2.45, 2.75) is 12.8 Å². The number of carbonyl (C=O) groups excluding carboxylic acids is 2. The first-order valence-electron chi connectivity index (χ1n) is 7.57. The Balaban J connectivity index is 2.14. The van der Waals surface area contributed by atoms with Crippen molar-refractivity contribution in [1.82, 2.24) is 5.06 Å². The maximum absolute atomic E-state index is 12.2. The van der Waals surface area contributed by atoms with Gasteiger partial charge in [-0.3, -0.25) is 24.9 Å². The second-order valence-corrected chi connectivity index (χ2v) is 5.89. The number of anilines is 1. The van der Waals surface area contributed by atoms with Gasteiger partial charge in [0.25, 0.3) is 17.5 Å². The largest absolute Gasteiger partial charge is 0.365 e. The number of hydroxylamine groups is 2. The SMILES string of the molecule is O=C1c2cccc3c(N4CCCC4)c([N+](=O)[O-])cc(c23)C(=O)N1O. The summed E-state index contributed by atoms with van der Waals surface area (Å²) in [7, 11) is 0. The van der Waals surface area contributed by atoms with Crippen LogP contribution in [0.2, 0.25) is 0 Å². The average molecular weight is 327 g/mol. The highest BCUT2D eigenvalue weighted by atomic mass is 16.6. The molecule has 0 aromatic heterocycles. The molecule has 2 aromatic rings. The molecule has 1 N–H and O–H groups in total. The molecule has 4 rings (SSSR count). The van der Waals surface area contributed by atoms with Gasteiger partial charge in [0, 0.05) is 29.9 Å². The van der Waals surface area contributed by atoms with Crippen LogP contribution < -0.4 is 4.90 Å². The predicted molar refractivity (Wildman–Crippen MR) is 84.3 cm³/mol. The van der Waals surface area contributed by atoms with Gasteiger partial charge in [-0.1, -0.05) is 12.1 Å². The van der Waals surface area contributed by atoms with E-state index in [2.05, 4.69) is 0 Å². The molecule has 1 saturated heterocycles. The van der Waals surface area contributed by atoms with Gasteiger partial charge in [-0.05, 0) is 18.9 Å². The van der Waals surface area contributed by atoms with Crippen molar-refractivity contribution in [3.63, 3.8) is 0 Å². The van der Waals surface area contributed by atoms with Crippen molar-refractivity contribution in [3.05, 3.63) is 45.5 Å².